The molecule has 0 aromatic heterocycles. The molecular weight excluding hydrogens is 291 g/mol. The number of nitrogens with zero attached hydrogens (tertiary/aromatic N) is 1. The van der Waals surface area contributed by atoms with Crippen LogP contribution in [-0.4, -0.2) is 48.2 Å². The number of ketones is 1. The first-order valence-corrected chi connectivity index (χ1v) is 7.21. The van der Waals surface area contributed by atoms with E-state index in [1.165, 1.54) is 18.2 Å². The highest BCUT2D eigenvalue weighted by atomic mass is 32.2. The first-order valence-electron chi connectivity index (χ1n) is 6.05. The van der Waals surface area contributed by atoms with Crippen molar-refractivity contribution in [3.63, 3.8) is 0 Å². The van der Waals surface area contributed by atoms with Crippen LogP contribution < -0.4 is 4.74 Å². The van der Waals surface area contributed by atoms with Gasteiger partial charge < -0.3 is 4.74 Å². The Hall–Kier alpha value is -1.21. The number of carbonyl (C=O) groups is 1. The highest BCUT2D eigenvalue weighted by Crippen LogP contribution is 2.29. The van der Waals surface area contributed by atoms with Crippen molar-refractivity contribution in [1.29, 1.82) is 0 Å². The monoisotopic (exact) mass is 305 g/mol. The zero-order valence-electron chi connectivity index (χ0n) is 10.8. The summed E-state index contributed by atoms with van der Waals surface area (Å²) in [7, 11) is 1.80. The van der Waals surface area contributed by atoms with Gasteiger partial charge in [-0.3, -0.25) is 9.69 Å². The molecule has 7 heteroatoms. The third-order valence-corrected chi connectivity index (χ3v) is 4.10. The van der Waals surface area contributed by atoms with Gasteiger partial charge in [0.2, 0.25) is 0 Å². The van der Waals surface area contributed by atoms with Crippen molar-refractivity contribution in [3.8, 4) is 5.75 Å². The molecule has 20 heavy (non-hydrogen) atoms. The third kappa shape index (κ3) is 3.67. The largest absolute Gasteiger partial charge is 0.573 e. The van der Waals surface area contributed by atoms with Crippen LogP contribution in [0.4, 0.5) is 13.2 Å². The number of Topliss-reactive ketones (excluding diaryl/α,β-unsaturated/α-hetero) is 1. The lowest BCUT2D eigenvalue weighted by Crippen LogP contribution is -2.44. The molecule has 1 aromatic carbocycles. The van der Waals surface area contributed by atoms with Crippen LogP contribution in [-0.2, 0) is 0 Å². The van der Waals surface area contributed by atoms with Crippen molar-refractivity contribution in [2.75, 3.05) is 25.1 Å². The molecule has 1 aromatic rings. The summed E-state index contributed by atoms with van der Waals surface area (Å²) in [5.74, 6) is 0.727. The first-order chi connectivity index (χ1) is 9.38. The minimum atomic E-state index is -4.80. The molecule has 1 atom stereocenters. The van der Waals surface area contributed by atoms with E-state index >= 15 is 0 Å². The number of likely N-dealkylation sites (N-methyl/N-ethyl adjacent to an activating group) is 1. The molecule has 1 aliphatic rings. The first kappa shape index (κ1) is 15.2. The van der Waals surface area contributed by atoms with Gasteiger partial charge in [-0.25, -0.2) is 0 Å². The van der Waals surface area contributed by atoms with Crippen LogP contribution in [0.1, 0.15) is 10.4 Å². The molecule has 1 aliphatic heterocycles. The van der Waals surface area contributed by atoms with E-state index in [2.05, 4.69) is 4.74 Å². The molecule has 0 radical (unpaired) electrons. The Labute approximate surface area is 119 Å². The highest BCUT2D eigenvalue weighted by Gasteiger charge is 2.34. The molecule has 1 fully saturated rings. The summed E-state index contributed by atoms with van der Waals surface area (Å²) in [5, 5.41) is 0. The van der Waals surface area contributed by atoms with Crippen LogP contribution in [0.2, 0.25) is 0 Å². The molecule has 0 N–H and O–H groups in total. The zero-order valence-corrected chi connectivity index (χ0v) is 11.6. The van der Waals surface area contributed by atoms with Gasteiger partial charge in [0.05, 0.1) is 11.6 Å². The van der Waals surface area contributed by atoms with E-state index in [-0.39, 0.29) is 11.3 Å². The van der Waals surface area contributed by atoms with Gasteiger partial charge in [-0.2, -0.15) is 11.8 Å². The number of alkyl halides is 3. The molecule has 0 spiro atoms. The Kier molecular flexibility index (Phi) is 4.59. The van der Waals surface area contributed by atoms with Gasteiger partial charge in [0.25, 0.3) is 0 Å². The minimum absolute atomic E-state index is 0.0239. The van der Waals surface area contributed by atoms with E-state index < -0.39 is 18.2 Å². The van der Waals surface area contributed by atoms with E-state index in [1.54, 1.807) is 18.8 Å². The van der Waals surface area contributed by atoms with Gasteiger partial charge in [-0.05, 0) is 19.2 Å². The average Bonchev–Trinajstić information content (AvgIpc) is 2.37. The van der Waals surface area contributed by atoms with Crippen molar-refractivity contribution < 1.29 is 22.7 Å². The number of benzene rings is 1. The Morgan fingerprint density at radius 2 is 2.10 bits per heavy atom. The number of para-hydroxylation sites is 1. The molecule has 1 heterocycles. The number of hydrogen-bond donors (Lipinski definition) is 0. The fourth-order valence-electron chi connectivity index (χ4n) is 2.03. The Bertz CT molecular complexity index is 493. The lowest BCUT2D eigenvalue weighted by molar-refractivity contribution is -0.274. The second-order valence-electron chi connectivity index (χ2n) is 4.48. The summed E-state index contributed by atoms with van der Waals surface area (Å²) in [4.78, 5) is 14.3. The van der Waals surface area contributed by atoms with Crippen molar-refractivity contribution >= 4 is 17.5 Å². The van der Waals surface area contributed by atoms with E-state index in [1.807, 2.05) is 4.90 Å². The van der Waals surface area contributed by atoms with Crippen LogP contribution in [0.5, 0.6) is 5.75 Å². The van der Waals surface area contributed by atoms with Crippen LogP contribution in [0.25, 0.3) is 0 Å². The SMILES string of the molecule is CN1CCSCC1C(=O)c1ccccc1OC(F)(F)F. The molecule has 0 amide bonds. The van der Waals surface area contributed by atoms with E-state index in [4.69, 9.17) is 0 Å². The van der Waals surface area contributed by atoms with Crippen molar-refractivity contribution in [2.45, 2.75) is 12.4 Å². The van der Waals surface area contributed by atoms with Gasteiger partial charge >= 0.3 is 6.36 Å². The number of hydrogen-bond acceptors (Lipinski definition) is 4. The summed E-state index contributed by atoms with van der Waals surface area (Å²) in [6.07, 6.45) is -4.80. The number of ether oxygens (including phenoxy) is 1. The quantitative estimate of drug-likeness (QED) is 0.803. The van der Waals surface area contributed by atoms with Crippen molar-refractivity contribution in [1.82, 2.24) is 4.90 Å². The number of carbonyl (C=O) groups excluding carboxylic acids is 1. The number of thioether (sulfide) groups is 1. The topological polar surface area (TPSA) is 29.5 Å². The standard InChI is InChI=1S/C13H14F3NO2S/c1-17-6-7-20-8-10(17)12(18)9-4-2-3-5-11(9)19-13(14,15)16/h2-5,10H,6-8H2,1H3. The summed E-state index contributed by atoms with van der Waals surface area (Å²) in [6, 6.07) is 5.07. The molecule has 0 aliphatic carbocycles. The lowest BCUT2D eigenvalue weighted by Gasteiger charge is -2.31. The Balaban J connectivity index is 2.25. The normalized spacial score (nSPS) is 20.7. The van der Waals surface area contributed by atoms with Crippen LogP contribution in [0.3, 0.4) is 0 Å². The van der Waals surface area contributed by atoms with Crippen molar-refractivity contribution in [2.24, 2.45) is 0 Å². The number of rotatable bonds is 3. The molecule has 1 unspecified atom stereocenters. The summed E-state index contributed by atoms with van der Waals surface area (Å²) in [5.41, 5.74) is -0.0239. The van der Waals surface area contributed by atoms with Gasteiger partial charge in [0.1, 0.15) is 5.75 Å². The van der Waals surface area contributed by atoms with Gasteiger partial charge in [0, 0.05) is 18.1 Å². The van der Waals surface area contributed by atoms with Crippen LogP contribution in [0.15, 0.2) is 24.3 Å². The fraction of sp³-hybridized carbons (Fsp3) is 0.462. The predicted octanol–water partition coefficient (Wildman–Crippen LogP) is 2.82. The second-order valence-corrected chi connectivity index (χ2v) is 5.63. The molecule has 110 valence electrons. The molecule has 0 saturated carbocycles. The number of halogens is 3. The molecular formula is C13H14F3NO2S. The summed E-state index contributed by atoms with van der Waals surface area (Å²) >= 11 is 1.62. The van der Waals surface area contributed by atoms with Crippen LogP contribution >= 0.6 is 11.8 Å². The molecule has 2 rings (SSSR count). The van der Waals surface area contributed by atoms with Gasteiger partial charge in [0.15, 0.2) is 5.78 Å². The van der Waals surface area contributed by atoms with E-state index in [9.17, 15) is 18.0 Å². The van der Waals surface area contributed by atoms with Crippen LogP contribution in [0, 0.1) is 0 Å². The van der Waals surface area contributed by atoms with Gasteiger partial charge in [-0.1, -0.05) is 12.1 Å². The van der Waals surface area contributed by atoms with E-state index in [0.717, 1.165) is 18.4 Å². The Morgan fingerprint density at radius 3 is 2.75 bits per heavy atom. The maximum atomic E-state index is 12.4. The zero-order chi connectivity index (χ0) is 14.8. The summed E-state index contributed by atoms with van der Waals surface area (Å²) in [6.45, 7) is 0.739. The molecule has 3 nitrogen and oxygen atoms in total. The fourth-order valence-corrected chi connectivity index (χ4v) is 3.24. The smallest absolute Gasteiger partial charge is 0.405 e. The molecule has 1 saturated heterocycles. The Morgan fingerprint density at radius 1 is 1.40 bits per heavy atom. The maximum absolute atomic E-state index is 12.4. The minimum Gasteiger partial charge on any atom is -0.405 e. The van der Waals surface area contributed by atoms with E-state index in [0.29, 0.717) is 5.75 Å². The molecule has 0 bridgehead atoms. The second kappa shape index (κ2) is 6.05. The maximum Gasteiger partial charge on any atom is 0.573 e. The lowest BCUT2D eigenvalue weighted by atomic mass is 10.0. The van der Waals surface area contributed by atoms with Gasteiger partial charge in [-0.15, -0.1) is 13.2 Å². The predicted molar refractivity (Wildman–Crippen MR) is 71.2 cm³/mol. The summed E-state index contributed by atoms with van der Waals surface area (Å²) < 4.78 is 41.0. The average molecular weight is 305 g/mol. The highest BCUT2D eigenvalue weighted by molar-refractivity contribution is 7.99. The van der Waals surface area contributed by atoms with Crippen molar-refractivity contribution in [3.05, 3.63) is 29.8 Å². The third-order valence-electron chi connectivity index (χ3n) is 3.08.